The predicted molar refractivity (Wildman–Crippen MR) is 95.9 cm³/mol. The van der Waals surface area contributed by atoms with E-state index in [4.69, 9.17) is 11.6 Å². The minimum atomic E-state index is 0.515. The van der Waals surface area contributed by atoms with Crippen LogP contribution in [0.15, 0.2) is 60.9 Å². The van der Waals surface area contributed by atoms with Gasteiger partial charge < -0.3 is 5.32 Å². The highest BCUT2D eigenvalue weighted by Crippen LogP contribution is 2.22. The van der Waals surface area contributed by atoms with E-state index in [1.165, 1.54) is 22.0 Å². The fraction of sp³-hybridized carbons (Fsp3) is 0.211. The number of pyridine rings is 1. The molecule has 0 unspecified atom stereocenters. The number of nitrogens with one attached hydrogen (secondary N) is 1. The van der Waals surface area contributed by atoms with Gasteiger partial charge in [0, 0.05) is 48.1 Å². The average molecular weight is 324 g/mol. The van der Waals surface area contributed by atoms with Crippen LogP contribution in [-0.2, 0) is 6.54 Å². The molecule has 23 heavy (non-hydrogen) atoms. The molecule has 0 amide bonds. The molecule has 1 fully saturated rings. The van der Waals surface area contributed by atoms with Gasteiger partial charge in [0.15, 0.2) is 0 Å². The van der Waals surface area contributed by atoms with Crippen molar-refractivity contribution in [3.8, 4) is 0 Å². The molecular weight excluding hydrogens is 306 g/mol. The Balaban J connectivity index is 1.33. The molecule has 2 heterocycles. The Labute approximate surface area is 140 Å². The predicted octanol–water partition coefficient (Wildman–Crippen LogP) is 4.18. The van der Waals surface area contributed by atoms with Crippen LogP contribution in [0.3, 0.4) is 0 Å². The van der Waals surface area contributed by atoms with Crippen molar-refractivity contribution in [2.75, 3.05) is 18.4 Å². The van der Waals surface area contributed by atoms with E-state index in [9.17, 15) is 0 Å². The quantitative estimate of drug-likeness (QED) is 0.780. The first-order valence-corrected chi connectivity index (χ1v) is 8.21. The lowest BCUT2D eigenvalue weighted by Gasteiger charge is -2.40. The average Bonchev–Trinajstić information content (AvgIpc) is 2.54. The number of halogens is 1. The molecule has 0 saturated carbocycles. The number of fused-ring (bicyclic) bond motifs is 1. The Hall–Kier alpha value is -2.10. The number of aromatic nitrogens is 1. The van der Waals surface area contributed by atoms with E-state index in [1.807, 2.05) is 30.6 Å². The molecule has 1 aliphatic heterocycles. The largest absolute Gasteiger partial charge is 0.380 e. The van der Waals surface area contributed by atoms with Crippen molar-refractivity contribution < 1.29 is 0 Å². The molecule has 4 rings (SSSR count). The fourth-order valence-corrected chi connectivity index (χ4v) is 3.17. The van der Waals surface area contributed by atoms with Crippen molar-refractivity contribution in [2.45, 2.75) is 12.6 Å². The number of nitrogens with zero attached hydrogens (tertiary/aromatic N) is 2. The zero-order valence-electron chi connectivity index (χ0n) is 12.7. The van der Waals surface area contributed by atoms with E-state index in [1.54, 1.807) is 0 Å². The maximum absolute atomic E-state index is 5.92. The molecule has 0 atom stereocenters. The summed E-state index contributed by atoms with van der Waals surface area (Å²) in [4.78, 5) is 6.59. The second-order valence-electron chi connectivity index (χ2n) is 6.10. The first-order valence-electron chi connectivity index (χ1n) is 7.83. The minimum absolute atomic E-state index is 0.515. The van der Waals surface area contributed by atoms with Crippen LogP contribution >= 0.6 is 11.6 Å². The van der Waals surface area contributed by atoms with Gasteiger partial charge in [-0.2, -0.15) is 0 Å². The Morgan fingerprint density at radius 1 is 1.04 bits per heavy atom. The SMILES string of the molecule is Clc1ccc(CN2CC(Nc3ccc4cnccc4c3)C2)cc1. The maximum atomic E-state index is 5.92. The number of likely N-dealkylation sites (tertiary alicyclic amines) is 1. The zero-order valence-corrected chi connectivity index (χ0v) is 13.5. The van der Waals surface area contributed by atoms with Crippen LogP contribution in [0.4, 0.5) is 5.69 Å². The van der Waals surface area contributed by atoms with Crippen molar-refractivity contribution in [3.05, 3.63) is 71.5 Å². The van der Waals surface area contributed by atoms with Gasteiger partial charge >= 0.3 is 0 Å². The molecule has 0 aliphatic carbocycles. The second-order valence-corrected chi connectivity index (χ2v) is 6.54. The summed E-state index contributed by atoms with van der Waals surface area (Å²) in [5.74, 6) is 0. The molecule has 1 saturated heterocycles. The summed E-state index contributed by atoms with van der Waals surface area (Å²) >= 11 is 5.92. The highest BCUT2D eigenvalue weighted by atomic mass is 35.5. The summed E-state index contributed by atoms with van der Waals surface area (Å²) in [5.41, 5.74) is 2.49. The van der Waals surface area contributed by atoms with E-state index in [0.717, 1.165) is 24.7 Å². The number of benzene rings is 2. The Morgan fingerprint density at radius 2 is 1.87 bits per heavy atom. The van der Waals surface area contributed by atoms with Gasteiger partial charge in [-0.1, -0.05) is 29.8 Å². The standard InChI is InChI=1S/C19H18ClN3/c20-17-4-1-14(2-5-17)11-23-12-19(13-23)22-18-6-3-16-10-21-8-7-15(16)9-18/h1-10,19,22H,11-13H2. The number of hydrogen-bond donors (Lipinski definition) is 1. The van der Waals surface area contributed by atoms with Crippen LogP contribution < -0.4 is 5.32 Å². The molecule has 1 aliphatic rings. The fourth-order valence-electron chi connectivity index (χ4n) is 3.05. The summed E-state index contributed by atoms with van der Waals surface area (Å²) in [7, 11) is 0. The van der Waals surface area contributed by atoms with Crippen molar-refractivity contribution in [3.63, 3.8) is 0 Å². The van der Waals surface area contributed by atoms with Crippen molar-refractivity contribution in [1.29, 1.82) is 0 Å². The first-order chi connectivity index (χ1) is 11.3. The summed E-state index contributed by atoms with van der Waals surface area (Å²) < 4.78 is 0. The summed E-state index contributed by atoms with van der Waals surface area (Å²) in [5, 5.41) is 6.81. The van der Waals surface area contributed by atoms with Gasteiger partial charge in [-0.25, -0.2) is 0 Å². The van der Waals surface area contributed by atoms with Gasteiger partial charge in [-0.3, -0.25) is 9.88 Å². The molecule has 4 heteroatoms. The zero-order chi connectivity index (χ0) is 15.6. The highest BCUT2D eigenvalue weighted by Gasteiger charge is 2.26. The molecule has 0 bridgehead atoms. The van der Waals surface area contributed by atoms with E-state index in [0.29, 0.717) is 6.04 Å². The third kappa shape index (κ3) is 3.31. The molecule has 0 radical (unpaired) electrons. The topological polar surface area (TPSA) is 28.2 Å². The molecule has 3 aromatic rings. The lowest BCUT2D eigenvalue weighted by Crippen LogP contribution is -2.53. The van der Waals surface area contributed by atoms with Gasteiger partial charge in [0.25, 0.3) is 0 Å². The van der Waals surface area contributed by atoms with E-state index >= 15 is 0 Å². The molecule has 3 nitrogen and oxygen atoms in total. The highest BCUT2D eigenvalue weighted by molar-refractivity contribution is 6.30. The Morgan fingerprint density at radius 3 is 2.70 bits per heavy atom. The van der Waals surface area contributed by atoms with E-state index in [-0.39, 0.29) is 0 Å². The van der Waals surface area contributed by atoms with Crippen LogP contribution in [0.1, 0.15) is 5.56 Å². The lowest BCUT2D eigenvalue weighted by molar-refractivity contribution is 0.153. The summed E-state index contributed by atoms with van der Waals surface area (Å²) in [6, 6.07) is 17.1. The normalized spacial score (nSPS) is 15.5. The van der Waals surface area contributed by atoms with Gasteiger partial charge in [-0.05, 0) is 41.3 Å². The van der Waals surface area contributed by atoms with Crippen molar-refractivity contribution >= 4 is 28.1 Å². The third-order valence-corrected chi connectivity index (χ3v) is 4.54. The van der Waals surface area contributed by atoms with Crippen LogP contribution in [0.2, 0.25) is 5.02 Å². The monoisotopic (exact) mass is 323 g/mol. The number of rotatable bonds is 4. The van der Waals surface area contributed by atoms with Gasteiger partial charge in [0.1, 0.15) is 0 Å². The van der Waals surface area contributed by atoms with Crippen molar-refractivity contribution in [2.24, 2.45) is 0 Å². The van der Waals surface area contributed by atoms with Gasteiger partial charge in [0.05, 0.1) is 6.04 Å². The molecule has 2 aromatic carbocycles. The van der Waals surface area contributed by atoms with Crippen LogP contribution in [0.25, 0.3) is 10.8 Å². The Kier molecular flexibility index (Phi) is 3.90. The molecular formula is C19H18ClN3. The second kappa shape index (κ2) is 6.19. The molecule has 0 spiro atoms. The third-order valence-electron chi connectivity index (χ3n) is 4.29. The van der Waals surface area contributed by atoms with Crippen LogP contribution in [0, 0.1) is 0 Å². The molecule has 116 valence electrons. The lowest BCUT2D eigenvalue weighted by atomic mass is 10.1. The molecule has 1 N–H and O–H groups in total. The van der Waals surface area contributed by atoms with Crippen LogP contribution in [0.5, 0.6) is 0 Å². The van der Waals surface area contributed by atoms with Gasteiger partial charge in [-0.15, -0.1) is 0 Å². The Bertz CT molecular complexity index is 810. The number of anilines is 1. The summed E-state index contributed by atoms with van der Waals surface area (Å²) in [6.07, 6.45) is 3.74. The van der Waals surface area contributed by atoms with Gasteiger partial charge in [0.2, 0.25) is 0 Å². The number of hydrogen-bond acceptors (Lipinski definition) is 3. The van der Waals surface area contributed by atoms with E-state index < -0.39 is 0 Å². The first kappa shape index (κ1) is 14.5. The minimum Gasteiger partial charge on any atom is -0.380 e. The summed E-state index contributed by atoms with van der Waals surface area (Å²) in [6.45, 7) is 3.12. The van der Waals surface area contributed by atoms with Crippen LogP contribution in [-0.4, -0.2) is 29.0 Å². The maximum Gasteiger partial charge on any atom is 0.0515 e. The van der Waals surface area contributed by atoms with E-state index in [2.05, 4.69) is 45.5 Å². The smallest absolute Gasteiger partial charge is 0.0515 e. The molecule has 1 aromatic heterocycles. The van der Waals surface area contributed by atoms with Crippen molar-refractivity contribution in [1.82, 2.24) is 9.88 Å².